The Balaban J connectivity index is 1.20. The van der Waals surface area contributed by atoms with E-state index in [9.17, 15) is 14.4 Å². The number of carbonyl (C=O) groups is 3. The van der Waals surface area contributed by atoms with E-state index in [1.165, 1.54) is 11.6 Å². The number of likely N-dealkylation sites (tertiary alicyclic amines) is 1. The molecular weight excluding hydrogens is 569 g/mol. The summed E-state index contributed by atoms with van der Waals surface area (Å²) in [7, 11) is 0. The zero-order valence-electron chi connectivity index (χ0n) is 24.2. The molecule has 0 bridgehead atoms. The van der Waals surface area contributed by atoms with Gasteiger partial charge < -0.3 is 4.90 Å². The Hall–Kier alpha value is -4.24. The summed E-state index contributed by atoms with van der Waals surface area (Å²) in [5.74, 6) is -0.0500. The van der Waals surface area contributed by atoms with Crippen molar-refractivity contribution in [3.63, 3.8) is 0 Å². The molecule has 8 nitrogen and oxygen atoms in total. The lowest BCUT2D eigenvalue weighted by Gasteiger charge is -2.27. The van der Waals surface area contributed by atoms with Crippen LogP contribution in [-0.2, 0) is 16.1 Å². The average Bonchev–Trinajstić information content (AvgIpc) is 3.50. The van der Waals surface area contributed by atoms with Gasteiger partial charge in [0, 0.05) is 54.2 Å². The van der Waals surface area contributed by atoms with Gasteiger partial charge in [0.2, 0.25) is 5.91 Å². The molecule has 0 spiro atoms. The lowest BCUT2D eigenvalue weighted by Crippen LogP contribution is -2.44. The van der Waals surface area contributed by atoms with Crippen LogP contribution in [0.15, 0.2) is 60.7 Å². The van der Waals surface area contributed by atoms with E-state index in [4.69, 9.17) is 11.6 Å². The summed E-state index contributed by atoms with van der Waals surface area (Å²) in [6, 6.07) is 12.0. The van der Waals surface area contributed by atoms with E-state index in [2.05, 4.69) is 15.1 Å². The maximum absolute atomic E-state index is 15.1. The van der Waals surface area contributed by atoms with Crippen LogP contribution in [0.3, 0.4) is 0 Å². The predicted molar refractivity (Wildman–Crippen MR) is 162 cm³/mol. The minimum atomic E-state index is -0.591. The van der Waals surface area contributed by atoms with Gasteiger partial charge >= 0.3 is 0 Å². The number of benzene rings is 2. The van der Waals surface area contributed by atoms with Crippen LogP contribution in [0.1, 0.15) is 61.4 Å². The van der Waals surface area contributed by atoms with Gasteiger partial charge in [-0.25, -0.2) is 14.4 Å². The summed E-state index contributed by atoms with van der Waals surface area (Å²) in [5, 5.41) is 5.59. The highest BCUT2D eigenvalue weighted by Gasteiger charge is 2.55. The number of allylic oxidation sites excluding steroid dienone is 2. The second-order valence-corrected chi connectivity index (χ2v) is 11.8. The van der Waals surface area contributed by atoms with Gasteiger partial charge in [0.05, 0.1) is 11.6 Å². The minimum Gasteiger partial charge on any atom is -0.328 e. The molecule has 1 aliphatic carbocycles. The predicted octanol–water partition coefficient (Wildman–Crippen LogP) is 6.40. The van der Waals surface area contributed by atoms with Crippen LogP contribution in [0.4, 0.5) is 4.39 Å². The van der Waals surface area contributed by atoms with Gasteiger partial charge in [-0.15, -0.1) is 0 Å². The number of rotatable bonds is 9. The van der Waals surface area contributed by atoms with Crippen LogP contribution in [0, 0.1) is 12.8 Å². The summed E-state index contributed by atoms with van der Waals surface area (Å²) in [6.07, 6.45) is 4.83. The minimum absolute atomic E-state index is 0.00774. The number of fused-ring (bicyclic) bond motifs is 2. The van der Waals surface area contributed by atoms with Crippen molar-refractivity contribution in [2.24, 2.45) is 5.92 Å². The third kappa shape index (κ3) is 5.61. The smallest absolute Gasteiger partial charge is 0.245 e. The van der Waals surface area contributed by atoms with Crippen molar-refractivity contribution in [3.05, 3.63) is 82.8 Å². The Morgan fingerprint density at radius 3 is 2.47 bits per heavy atom. The molecule has 4 aromatic rings. The summed E-state index contributed by atoms with van der Waals surface area (Å²) >= 11 is 6.22. The molecule has 0 unspecified atom stereocenters. The van der Waals surface area contributed by atoms with Crippen molar-refractivity contribution in [2.45, 2.75) is 65.1 Å². The molecule has 3 atom stereocenters. The van der Waals surface area contributed by atoms with Gasteiger partial charge in [-0.3, -0.25) is 19.1 Å². The molecule has 43 heavy (non-hydrogen) atoms. The molecule has 3 heterocycles. The number of halogens is 2. The Labute approximate surface area is 253 Å². The largest absolute Gasteiger partial charge is 0.328 e. The van der Waals surface area contributed by atoms with Gasteiger partial charge in [0.1, 0.15) is 23.9 Å². The van der Waals surface area contributed by atoms with E-state index in [0.717, 1.165) is 17.5 Å². The highest BCUT2D eigenvalue weighted by atomic mass is 35.5. The molecule has 2 fully saturated rings. The van der Waals surface area contributed by atoms with Crippen molar-refractivity contribution < 1.29 is 18.8 Å². The fraction of sp³-hybridized carbons (Fsp3) is 0.333. The molecule has 10 heteroatoms. The van der Waals surface area contributed by atoms with Crippen LogP contribution in [0.2, 0.25) is 5.02 Å². The van der Waals surface area contributed by atoms with Crippen LogP contribution >= 0.6 is 11.6 Å². The van der Waals surface area contributed by atoms with Gasteiger partial charge in [0.15, 0.2) is 11.6 Å². The molecule has 0 radical (unpaired) electrons. The van der Waals surface area contributed by atoms with E-state index >= 15 is 4.39 Å². The second-order valence-electron chi connectivity index (χ2n) is 11.4. The number of carbonyl (C=O) groups excluding carboxylic acids is 3. The molecule has 2 aromatic carbocycles. The average molecular weight is 600 g/mol. The van der Waals surface area contributed by atoms with Crippen molar-refractivity contribution in [3.8, 4) is 11.1 Å². The van der Waals surface area contributed by atoms with Crippen molar-refractivity contribution >= 4 is 45.6 Å². The third-order valence-corrected chi connectivity index (χ3v) is 8.85. The number of ketones is 2. The van der Waals surface area contributed by atoms with Gasteiger partial charge in [-0.1, -0.05) is 35.9 Å². The number of Topliss-reactive ketones (excluding diaryl/α,β-unsaturated/α-hetero) is 2. The molecule has 6 rings (SSSR count). The molecule has 2 aromatic heterocycles. The molecule has 2 aliphatic rings. The first-order valence-corrected chi connectivity index (χ1v) is 14.7. The van der Waals surface area contributed by atoms with Crippen molar-refractivity contribution in [1.82, 2.24) is 24.6 Å². The van der Waals surface area contributed by atoms with Gasteiger partial charge in [0.25, 0.3) is 0 Å². The van der Waals surface area contributed by atoms with Crippen LogP contribution < -0.4 is 0 Å². The van der Waals surface area contributed by atoms with E-state index < -0.39 is 6.04 Å². The number of amides is 1. The van der Waals surface area contributed by atoms with Crippen molar-refractivity contribution in [2.75, 3.05) is 0 Å². The van der Waals surface area contributed by atoms with Gasteiger partial charge in [-0.2, -0.15) is 5.10 Å². The maximum atomic E-state index is 15.1. The lowest BCUT2D eigenvalue weighted by molar-refractivity contribution is -0.139. The van der Waals surface area contributed by atoms with E-state index in [1.54, 1.807) is 48.5 Å². The Bertz CT molecular complexity index is 1800. The fourth-order valence-electron chi connectivity index (χ4n) is 6.09. The summed E-state index contributed by atoms with van der Waals surface area (Å²) in [5.41, 5.74) is 3.56. The number of hydrogen-bond acceptors (Lipinski definition) is 6. The second kappa shape index (κ2) is 11.4. The first-order chi connectivity index (χ1) is 20.6. The first kappa shape index (κ1) is 28.9. The van der Waals surface area contributed by atoms with E-state index in [1.807, 2.05) is 25.1 Å². The molecule has 1 amide bonds. The number of aryl methyl sites for hydroxylation is 1. The van der Waals surface area contributed by atoms with Gasteiger partial charge in [-0.05, 0) is 67.5 Å². The Kier molecular flexibility index (Phi) is 7.68. The Morgan fingerprint density at radius 2 is 1.74 bits per heavy atom. The topological polar surface area (TPSA) is 98.1 Å². The molecule has 1 aliphatic heterocycles. The number of aromatic nitrogens is 4. The fourth-order valence-corrected chi connectivity index (χ4v) is 6.37. The standard InChI is InChI=1S/C33H31ClFN5O3/c1-18(24-6-4-5-7-26(24)34)27(35)9-11-31(42)30-14-22-13-29(22)40(30)32(43)17-39-28-10-8-21(23-15-36-20(3)37-16-23)12-25(28)33(38-39)19(2)41/h4-8,10,12,15-16,22,29-30H,9,11,13-14,17H2,1-3H3/b27-18-/t22-,29-,30+/m1/s1. The third-order valence-electron chi connectivity index (χ3n) is 8.52. The number of nitrogens with zero attached hydrogens (tertiary/aromatic N) is 5. The van der Waals surface area contributed by atoms with E-state index in [-0.39, 0.29) is 60.3 Å². The molecule has 220 valence electrons. The summed E-state index contributed by atoms with van der Waals surface area (Å²) in [4.78, 5) is 49.7. The highest BCUT2D eigenvalue weighted by Crippen LogP contribution is 2.48. The number of hydrogen-bond donors (Lipinski definition) is 0. The normalized spacial score (nSPS) is 19.7. The monoisotopic (exact) mass is 599 g/mol. The molecule has 1 saturated carbocycles. The quantitative estimate of drug-likeness (QED) is 0.207. The van der Waals surface area contributed by atoms with Crippen molar-refractivity contribution in [1.29, 1.82) is 0 Å². The van der Waals surface area contributed by atoms with Crippen LogP contribution in [-0.4, -0.2) is 54.2 Å². The highest BCUT2D eigenvalue weighted by molar-refractivity contribution is 6.32. The zero-order valence-corrected chi connectivity index (χ0v) is 24.9. The number of piperidine rings is 1. The SMILES string of the molecule is CC(=O)c1nn(CC(=O)N2[C@@H]3C[C@@H]3C[C@H]2C(=O)CC/C(F)=C(\C)c2ccccc2Cl)c2ccc(-c3cnc(C)nc3)cc12. The maximum Gasteiger partial charge on any atom is 0.245 e. The molecule has 1 saturated heterocycles. The summed E-state index contributed by atoms with van der Waals surface area (Å²) in [6.45, 7) is 4.80. The molecular formula is C33H31ClFN5O3. The first-order valence-electron chi connectivity index (χ1n) is 14.4. The molecule has 0 N–H and O–H groups in total. The lowest BCUT2D eigenvalue weighted by atomic mass is 10.00. The van der Waals surface area contributed by atoms with Crippen LogP contribution in [0.25, 0.3) is 27.6 Å². The van der Waals surface area contributed by atoms with Crippen LogP contribution in [0.5, 0.6) is 0 Å². The van der Waals surface area contributed by atoms with E-state index in [0.29, 0.717) is 39.3 Å². The summed E-state index contributed by atoms with van der Waals surface area (Å²) < 4.78 is 16.6. The Morgan fingerprint density at radius 1 is 1.00 bits per heavy atom. The zero-order chi connectivity index (χ0) is 30.4.